The smallest absolute Gasteiger partial charge is 0.423 e. The minimum absolute atomic E-state index is 0.449. The molecule has 2 N–H and O–H groups in total. The second kappa shape index (κ2) is 6.63. The van der Waals surface area contributed by atoms with Crippen molar-refractivity contribution in [2.75, 3.05) is 0 Å². The first-order valence-corrected chi connectivity index (χ1v) is 9.76. The molecule has 0 fully saturated rings. The van der Waals surface area contributed by atoms with Gasteiger partial charge in [0, 0.05) is 0 Å². The van der Waals surface area contributed by atoms with Crippen LogP contribution in [0.25, 0.3) is 11.1 Å². The fourth-order valence-electron chi connectivity index (χ4n) is 4.94. The Labute approximate surface area is 165 Å². The van der Waals surface area contributed by atoms with Crippen molar-refractivity contribution in [2.45, 2.75) is 18.3 Å². The Balaban J connectivity index is 1.95. The Hall–Kier alpha value is -2.88. The number of hydrogen-bond acceptors (Lipinski definition) is 2. The largest absolute Gasteiger partial charge is 0.489 e. The van der Waals surface area contributed by atoms with Gasteiger partial charge in [-0.3, -0.25) is 0 Å². The van der Waals surface area contributed by atoms with Crippen LogP contribution in [0.3, 0.4) is 0 Å². The predicted octanol–water partition coefficient (Wildman–Crippen LogP) is 3.96. The molecular formula is C25H21BO2. The van der Waals surface area contributed by atoms with E-state index in [9.17, 15) is 10.0 Å². The zero-order valence-electron chi connectivity index (χ0n) is 15.5. The first-order valence-electron chi connectivity index (χ1n) is 9.76. The summed E-state index contributed by atoms with van der Waals surface area (Å²) in [6.45, 7) is 0. The molecule has 3 aromatic carbocycles. The second-order valence-electron chi connectivity index (χ2n) is 7.44. The molecule has 0 aliphatic heterocycles. The predicted molar refractivity (Wildman–Crippen MR) is 114 cm³/mol. The van der Waals surface area contributed by atoms with Gasteiger partial charge in [-0.2, -0.15) is 0 Å². The van der Waals surface area contributed by atoms with E-state index in [2.05, 4.69) is 66.8 Å². The number of allylic oxidation sites excluding steroid dienone is 4. The van der Waals surface area contributed by atoms with Crippen molar-refractivity contribution in [3.05, 3.63) is 113 Å². The lowest BCUT2D eigenvalue weighted by atomic mass is 9.65. The topological polar surface area (TPSA) is 40.5 Å². The zero-order valence-corrected chi connectivity index (χ0v) is 15.5. The standard InChI is InChI=1S/C25H21BO2/c27-26(28)23-17-9-16-22-24(23)20-14-7-8-15-21(20)25(22,18-10-3-1-4-11-18)19-12-5-2-6-13-19/h1,3-5,7-17,27-28H,2,6H2. The van der Waals surface area contributed by atoms with Crippen LogP contribution in [0.1, 0.15) is 29.5 Å². The molecule has 0 amide bonds. The minimum atomic E-state index is -1.51. The summed E-state index contributed by atoms with van der Waals surface area (Å²) in [5.41, 5.74) is 6.88. The third-order valence-electron chi connectivity index (χ3n) is 6.01. The van der Waals surface area contributed by atoms with Gasteiger partial charge in [-0.05, 0) is 51.7 Å². The third kappa shape index (κ3) is 2.30. The molecule has 0 saturated carbocycles. The van der Waals surface area contributed by atoms with Crippen LogP contribution in [0.2, 0.25) is 0 Å². The van der Waals surface area contributed by atoms with Crippen molar-refractivity contribution in [2.24, 2.45) is 0 Å². The Bertz CT molecular complexity index is 1100. The molecule has 0 heterocycles. The van der Waals surface area contributed by atoms with E-state index in [0.717, 1.165) is 29.5 Å². The molecule has 28 heavy (non-hydrogen) atoms. The number of rotatable bonds is 3. The summed E-state index contributed by atoms with van der Waals surface area (Å²) in [6.07, 6.45) is 8.88. The maximum Gasteiger partial charge on any atom is 0.489 e. The highest BCUT2D eigenvalue weighted by Crippen LogP contribution is 2.56. The molecule has 3 heteroatoms. The normalized spacial score (nSPS) is 19.7. The number of fused-ring (bicyclic) bond motifs is 3. The molecular weight excluding hydrogens is 343 g/mol. The van der Waals surface area contributed by atoms with E-state index in [0.29, 0.717) is 5.46 Å². The van der Waals surface area contributed by atoms with Gasteiger partial charge in [0.25, 0.3) is 0 Å². The van der Waals surface area contributed by atoms with Gasteiger partial charge in [-0.1, -0.05) is 91.0 Å². The van der Waals surface area contributed by atoms with Crippen LogP contribution in [0.5, 0.6) is 0 Å². The molecule has 3 aromatic rings. The summed E-state index contributed by atoms with van der Waals surface area (Å²) in [7, 11) is -1.51. The molecule has 0 radical (unpaired) electrons. The van der Waals surface area contributed by atoms with Crippen molar-refractivity contribution < 1.29 is 10.0 Å². The monoisotopic (exact) mass is 364 g/mol. The molecule has 0 spiro atoms. The Morgan fingerprint density at radius 1 is 0.750 bits per heavy atom. The SMILES string of the molecule is OB(O)c1cccc2c1-c1ccccc1C2(C1=CCCC=C1)c1ccccc1. The first kappa shape index (κ1) is 17.2. The van der Waals surface area contributed by atoms with Gasteiger partial charge in [0.1, 0.15) is 0 Å². The highest BCUT2D eigenvalue weighted by Gasteiger charge is 2.47. The quantitative estimate of drug-likeness (QED) is 0.691. The molecule has 5 rings (SSSR count). The molecule has 0 saturated heterocycles. The van der Waals surface area contributed by atoms with Crippen LogP contribution in [-0.4, -0.2) is 17.2 Å². The van der Waals surface area contributed by atoms with E-state index in [1.165, 1.54) is 16.7 Å². The van der Waals surface area contributed by atoms with E-state index in [4.69, 9.17) is 0 Å². The summed E-state index contributed by atoms with van der Waals surface area (Å²) in [5, 5.41) is 20.2. The Kier molecular flexibility index (Phi) is 4.08. The highest BCUT2D eigenvalue weighted by molar-refractivity contribution is 6.60. The molecule has 2 nitrogen and oxygen atoms in total. The van der Waals surface area contributed by atoms with Crippen LogP contribution >= 0.6 is 0 Å². The lowest BCUT2D eigenvalue weighted by Crippen LogP contribution is -2.34. The van der Waals surface area contributed by atoms with Gasteiger partial charge in [0.05, 0.1) is 5.41 Å². The van der Waals surface area contributed by atoms with Gasteiger partial charge in [0.2, 0.25) is 0 Å². The van der Waals surface area contributed by atoms with Gasteiger partial charge in [-0.25, -0.2) is 0 Å². The Morgan fingerprint density at radius 3 is 2.25 bits per heavy atom. The van der Waals surface area contributed by atoms with Crippen LogP contribution in [0.15, 0.2) is 96.6 Å². The summed E-state index contributed by atoms with van der Waals surface area (Å²) < 4.78 is 0. The molecule has 136 valence electrons. The molecule has 1 atom stereocenters. The zero-order chi connectivity index (χ0) is 19.1. The molecule has 0 bridgehead atoms. The molecule has 2 aliphatic carbocycles. The minimum Gasteiger partial charge on any atom is -0.423 e. The van der Waals surface area contributed by atoms with Crippen molar-refractivity contribution in [3.8, 4) is 11.1 Å². The van der Waals surface area contributed by atoms with Crippen LogP contribution in [0, 0.1) is 0 Å². The maximum atomic E-state index is 10.1. The van der Waals surface area contributed by atoms with E-state index >= 15 is 0 Å². The van der Waals surface area contributed by atoms with Crippen LogP contribution in [0.4, 0.5) is 0 Å². The van der Waals surface area contributed by atoms with E-state index in [-0.39, 0.29) is 0 Å². The average Bonchev–Trinajstić information content (AvgIpc) is 3.06. The number of benzene rings is 3. The first-order chi connectivity index (χ1) is 13.7. The fraction of sp³-hybridized carbons (Fsp3) is 0.120. The third-order valence-corrected chi connectivity index (χ3v) is 6.01. The maximum absolute atomic E-state index is 10.1. The second-order valence-corrected chi connectivity index (χ2v) is 7.44. The van der Waals surface area contributed by atoms with Gasteiger partial charge < -0.3 is 10.0 Å². The van der Waals surface area contributed by atoms with E-state index in [1.807, 2.05) is 24.3 Å². The van der Waals surface area contributed by atoms with Gasteiger partial charge in [0.15, 0.2) is 0 Å². The summed E-state index contributed by atoms with van der Waals surface area (Å²) >= 11 is 0. The van der Waals surface area contributed by atoms with Crippen LogP contribution in [-0.2, 0) is 5.41 Å². The lowest BCUT2D eigenvalue weighted by molar-refractivity contribution is 0.426. The van der Waals surface area contributed by atoms with Crippen molar-refractivity contribution in [1.29, 1.82) is 0 Å². The summed E-state index contributed by atoms with van der Waals surface area (Å²) in [5.74, 6) is 0. The van der Waals surface area contributed by atoms with Crippen molar-refractivity contribution in [1.82, 2.24) is 0 Å². The van der Waals surface area contributed by atoms with E-state index < -0.39 is 12.5 Å². The summed E-state index contributed by atoms with van der Waals surface area (Å²) in [6, 6.07) is 24.8. The van der Waals surface area contributed by atoms with Crippen LogP contribution < -0.4 is 5.46 Å². The van der Waals surface area contributed by atoms with Gasteiger partial charge >= 0.3 is 7.12 Å². The van der Waals surface area contributed by atoms with Crippen molar-refractivity contribution >= 4 is 12.6 Å². The average molecular weight is 364 g/mol. The fourth-order valence-corrected chi connectivity index (χ4v) is 4.94. The summed E-state index contributed by atoms with van der Waals surface area (Å²) in [4.78, 5) is 0. The molecule has 2 aliphatic rings. The van der Waals surface area contributed by atoms with E-state index in [1.54, 1.807) is 0 Å². The lowest BCUT2D eigenvalue weighted by Gasteiger charge is -2.35. The number of hydrogen-bond donors (Lipinski definition) is 2. The van der Waals surface area contributed by atoms with Gasteiger partial charge in [-0.15, -0.1) is 0 Å². The molecule has 0 aromatic heterocycles. The highest BCUT2D eigenvalue weighted by atomic mass is 16.4. The molecule has 1 unspecified atom stereocenters. The Morgan fingerprint density at radius 2 is 1.50 bits per heavy atom. The van der Waals surface area contributed by atoms with Crippen molar-refractivity contribution in [3.63, 3.8) is 0 Å².